The summed E-state index contributed by atoms with van der Waals surface area (Å²) in [6.45, 7) is 0. The molecule has 0 aliphatic rings. The Morgan fingerprint density at radius 3 is 2.27 bits per heavy atom. The van der Waals surface area contributed by atoms with Crippen LogP contribution in [0.3, 0.4) is 0 Å². The van der Waals surface area contributed by atoms with E-state index in [1.165, 1.54) is 6.07 Å². The fourth-order valence-electron chi connectivity index (χ4n) is 2.20. The van der Waals surface area contributed by atoms with Crippen molar-refractivity contribution in [2.45, 2.75) is 17.7 Å². The van der Waals surface area contributed by atoms with Crippen molar-refractivity contribution >= 4 is 27.3 Å². The van der Waals surface area contributed by atoms with Gasteiger partial charge in [0.25, 0.3) is 5.69 Å². The highest BCUT2D eigenvalue weighted by Crippen LogP contribution is 2.32. The molecule has 0 fully saturated rings. The van der Waals surface area contributed by atoms with Gasteiger partial charge in [-0.25, -0.2) is 13.6 Å². The van der Waals surface area contributed by atoms with Crippen molar-refractivity contribution in [1.29, 1.82) is 0 Å². The molecule has 0 atom stereocenters. The van der Waals surface area contributed by atoms with Crippen LogP contribution in [0.5, 0.6) is 0 Å². The van der Waals surface area contributed by atoms with Crippen molar-refractivity contribution in [3.05, 3.63) is 68.7 Å². The Labute approximate surface area is 132 Å². The van der Waals surface area contributed by atoms with E-state index in [2.05, 4.69) is 0 Å². The molecule has 0 spiro atoms. The molecule has 2 aromatic rings. The number of aryl methyl sites for hydroxylation is 1. The van der Waals surface area contributed by atoms with Crippen molar-refractivity contribution in [3.8, 4) is 0 Å². The van der Waals surface area contributed by atoms with Gasteiger partial charge >= 0.3 is 0 Å². The van der Waals surface area contributed by atoms with Crippen molar-refractivity contribution in [2.75, 3.05) is 0 Å². The third-order valence-electron chi connectivity index (χ3n) is 3.17. The van der Waals surface area contributed by atoms with Crippen LogP contribution >= 0.6 is 11.6 Å². The van der Waals surface area contributed by atoms with Crippen LogP contribution in [0, 0.1) is 10.1 Å². The zero-order chi connectivity index (χ0) is 16.3. The van der Waals surface area contributed by atoms with Crippen LogP contribution in [-0.4, -0.2) is 13.3 Å². The van der Waals surface area contributed by atoms with Gasteiger partial charge in [-0.05, 0) is 30.0 Å². The summed E-state index contributed by atoms with van der Waals surface area (Å²) < 4.78 is 23.5. The van der Waals surface area contributed by atoms with Gasteiger partial charge in [0.05, 0.1) is 4.92 Å². The highest BCUT2D eigenvalue weighted by molar-refractivity contribution is 7.89. The molecule has 2 rings (SSSR count). The van der Waals surface area contributed by atoms with Gasteiger partial charge in [0.15, 0.2) is 4.90 Å². The first-order valence-electron chi connectivity index (χ1n) is 6.33. The molecule has 0 saturated carbocycles. The molecule has 0 amide bonds. The molecule has 22 heavy (non-hydrogen) atoms. The monoisotopic (exact) mass is 340 g/mol. The summed E-state index contributed by atoms with van der Waals surface area (Å²) in [7, 11) is -4.26. The Morgan fingerprint density at radius 2 is 1.73 bits per heavy atom. The third-order valence-corrected chi connectivity index (χ3v) is 4.55. The molecule has 0 unspecified atom stereocenters. The van der Waals surface area contributed by atoms with Crippen LogP contribution in [0.2, 0.25) is 5.02 Å². The Kier molecular flexibility index (Phi) is 4.80. The summed E-state index contributed by atoms with van der Waals surface area (Å²) in [5, 5.41) is 16.3. The average molecular weight is 341 g/mol. The van der Waals surface area contributed by atoms with Crippen molar-refractivity contribution in [2.24, 2.45) is 5.14 Å². The van der Waals surface area contributed by atoms with Gasteiger partial charge in [0, 0.05) is 11.1 Å². The Morgan fingerprint density at radius 1 is 1.09 bits per heavy atom. The highest BCUT2D eigenvalue weighted by atomic mass is 35.5. The molecule has 8 heteroatoms. The summed E-state index contributed by atoms with van der Waals surface area (Å²) >= 11 is 6.04. The largest absolute Gasteiger partial charge is 0.289 e. The van der Waals surface area contributed by atoms with Crippen molar-refractivity contribution in [3.63, 3.8) is 0 Å². The van der Waals surface area contributed by atoms with Crippen LogP contribution in [-0.2, 0) is 22.9 Å². The lowest BCUT2D eigenvalue weighted by Crippen LogP contribution is -2.17. The molecular weight excluding hydrogens is 328 g/mol. The predicted octanol–water partition coefficient (Wildman–Crippen LogP) is 2.68. The third kappa shape index (κ3) is 3.62. The average Bonchev–Trinajstić information content (AvgIpc) is 2.45. The standard InChI is InChI=1S/C14H13ClN2O4S/c15-12-8-9-13(17(18)19)14(22(16,20)21)11(12)7-6-10-4-2-1-3-5-10/h1-5,8-9H,6-7H2,(H2,16,20,21). The first-order valence-corrected chi connectivity index (χ1v) is 8.25. The normalized spacial score (nSPS) is 11.4. The lowest BCUT2D eigenvalue weighted by atomic mass is 10.0. The van der Waals surface area contributed by atoms with E-state index in [9.17, 15) is 18.5 Å². The summed E-state index contributed by atoms with van der Waals surface area (Å²) in [5.74, 6) is 0. The van der Waals surface area contributed by atoms with Gasteiger partial charge in [0.1, 0.15) is 0 Å². The molecule has 0 heterocycles. The molecule has 2 N–H and O–H groups in total. The van der Waals surface area contributed by atoms with Gasteiger partial charge in [-0.1, -0.05) is 41.9 Å². The number of hydrogen-bond acceptors (Lipinski definition) is 4. The summed E-state index contributed by atoms with van der Waals surface area (Å²) in [5.41, 5.74) is 0.572. The number of nitrogens with two attached hydrogens (primary N) is 1. The molecule has 0 bridgehead atoms. The van der Waals surface area contributed by atoms with E-state index in [-0.39, 0.29) is 17.0 Å². The number of nitrogens with zero attached hydrogens (tertiary/aromatic N) is 1. The zero-order valence-electron chi connectivity index (χ0n) is 11.4. The first-order chi connectivity index (χ1) is 10.3. The number of benzene rings is 2. The van der Waals surface area contributed by atoms with Crippen LogP contribution < -0.4 is 5.14 Å². The Hall–Kier alpha value is -1.96. The Bertz CT molecular complexity index is 807. The van der Waals surface area contributed by atoms with E-state index < -0.39 is 25.5 Å². The van der Waals surface area contributed by atoms with E-state index >= 15 is 0 Å². The number of rotatable bonds is 5. The SMILES string of the molecule is NS(=O)(=O)c1c([N+](=O)[O-])ccc(Cl)c1CCc1ccccc1. The smallest absolute Gasteiger partial charge is 0.258 e. The van der Waals surface area contributed by atoms with Gasteiger partial charge < -0.3 is 0 Å². The first kappa shape index (κ1) is 16.4. The van der Waals surface area contributed by atoms with Crippen LogP contribution in [0.25, 0.3) is 0 Å². The zero-order valence-corrected chi connectivity index (χ0v) is 13.0. The second-order valence-corrected chi connectivity index (χ2v) is 6.57. The maximum Gasteiger partial charge on any atom is 0.289 e. The van der Waals surface area contributed by atoms with E-state index in [1.807, 2.05) is 30.3 Å². The van der Waals surface area contributed by atoms with Gasteiger partial charge in [0.2, 0.25) is 10.0 Å². The van der Waals surface area contributed by atoms with E-state index in [0.29, 0.717) is 6.42 Å². The molecule has 0 aromatic heterocycles. The fourth-order valence-corrected chi connectivity index (χ4v) is 3.50. The number of nitro benzene ring substituents is 1. The van der Waals surface area contributed by atoms with Gasteiger partial charge in [-0.2, -0.15) is 0 Å². The Balaban J connectivity index is 2.50. The van der Waals surface area contributed by atoms with Crippen molar-refractivity contribution < 1.29 is 13.3 Å². The minimum atomic E-state index is -4.26. The number of primary sulfonamides is 1. The van der Waals surface area contributed by atoms with Crippen LogP contribution in [0.4, 0.5) is 5.69 Å². The van der Waals surface area contributed by atoms with Crippen molar-refractivity contribution in [1.82, 2.24) is 0 Å². The van der Waals surface area contributed by atoms with Crippen LogP contribution in [0.1, 0.15) is 11.1 Å². The van der Waals surface area contributed by atoms with Crippen LogP contribution in [0.15, 0.2) is 47.4 Å². The molecule has 6 nitrogen and oxygen atoms in total. The summed E-state index contributed by atoms with van der Waals surface area (Å²) in [6.07, 6.45) is 0.723. The second-order valence-electron chi connectivity index (χ2n) is 4.66. The lowest BCUT2D eigenvalue weighted by molar-refractivity contribution is -0.387. The summed E-state index contributed by atoms with van der Waals surface area (Å²) in [4.78, 5) is 9.76. The van der Waals surface area contributed by atoms with E-state index in [4.69, 9.17) is 16.7 Å². The molecule has 0 radical (unpaired) electrons. The molecule has 0 aliphatic heterocycles. The second kappa shape index (κ2) is 6.43. The molecule has 0 aliphatic carbocycles. The topological polar surface area (TPSA) is 103 Å². The number of halogens is 1. The minimum Gasteiger partial charge on any atom is -0.258 e. The molecular formula is C14H13ClN2O4S. The predicted molar refractivity (Wildman–Crippen MR) is 83.3 cm³/mol. The quantitative estimate of drug-likeness (QED) is 0.667. The fraction of sp³-hybridized carbons (Fsp3) is 0.143. The maximum absolute atomic E-state index is 11.8. The molecule has 2 aromatic carbocycles. The van der Waals surface area contributed by atoms with E-state index in [0.717, 1.165) is 11.6 Å². The van der Waals surface area contributed by atoms with E-state index in [1.54, 1.807) is 0 Å². The lowest BCUT2D eigenvalue weighted by Gasteiger charge is -2.10. The van der Waals surface area contributed by atoms with Gasteiger partial charge in [-0.3, -0.25) is 10.1 Å². The van der Waals surface area contributed by atoms with Gasteiger partial charge in [-0.15, -0.1) is 0 Å². The molecule has 0 saturated heterocycles. The number of sulfonamides is 1. The highest BCUT2D eigenvalue weighted by Gasteiger charge is 2.28. The number of hydrogen-bond donors (Lipinski definition) is 1. The minimum absolute atomic E-state index is 0.144. The number of nitro groups is 1. The maximum atomic E-state index is 11.8. The molecule has 116 valence electrons. The summed E-state index contributed by atoms with van der Waals surface area (Å²) in [6, 6.07) is 11.7.